The van der Waals surface area contributed by atoms with Gasteiger partial charge in [-0.15, -0.1) is 0 Å². The van der Waals surface area contributed by atoms with Gasteiger partial charge in [-0.3, -0.25) is 4.79 Å². The predicted molar refractivity (Wildman–Crippen MR) is 103 cm³/mol. The molecule has 0 saturated carbocycles. The number of nitrogens with one attached hydrogen (secondary N) is 1. The van der Waals surface area contributed by atoms with Gasteiger partial charge >= 0.3 is 0 Å². The summed E-state index contributed by atoms with van der Waals surface area (Å²) in [5.41, 5.74) is 2.93. The molecule has 0 fully saturated rings. The Morgan fingerprint density at radius 3 is 2.52 bits per heavy atom. The normalized spacial score (nSPS) is 12.0. The van der Waals surface area contributed by atoms with Gasteiger partial charge in [0.25, 0.3) is 5.91 Å². The molecule has 0 bridgehead atoms. The molecule has 0 aliphatic rings. The van der Waals surface area contributed by atoms with Gasteiger partial charge in [0.15, 0.2) is 6.10 Å². The van der Waals surface area contributed by atoms with E-state index >= 15 is 0 Å². The van der Waals surface area contributed by atoms with E-state index in [1.165, 1.54) is 0 Å². The van der Waals surface area contributed by atoms with Crippen molar-refractivity contribution in [1.29, 1.82) is 0 Å². The zero-order chi connectivity index (χ0) is 17.8. The van der Waals surface area contributed by atoms with Crippen LogP contribution in [-0.4, -0.2) is 12.0 Å². The summed E-state index contributed by atoms with van der Waals surface area (Å²) in [5, 5.41) is 5.23. The van der Waals surface area contributed by atoms with Crippen LogP contribution < -0.4 is 10.1 Å². The number of hydrogen-bond donors (Lipinski definition) is 1. The highest BCUT2D eigenvalue weighted by Crippen LogP contribution is 2.23. The summed E-state index contributed by atoms with van der Waals surface area (Å²) >= 11 is 0. The Bertz CT molecular complexity index is 901. The molecule has 0 aromatic heterocycles. The maximum Gasteiger partial charge on any atom is 0.265 e. The van der Waals surface area contributed by atoms with Crippen LogP contribution in [0.5, 0.6) is 5.75 Å². The second-order valence-electron chi connectivity index (χ2n) is 6.33. The number of carbonyl (C=O) groups excluding carboxylic acids is 1. The smallest absolute Gasteiger partial charge is 0.265 e. The Labute approximate surface area is 148 Å². The molecule has 1 unspecified atom stereocenters. The first kappa shape index (κ1) is 17.0. The molecule has 128 valence electrons. The van der Waals surface area contributed by atoms with E-state index in [9.17, 15) is 4.79 Å². The lowest BCUT2D eigenvalue weighted by molar-refractivity contribution is -0.122. The third kappa shape index (κ3) is 4.00. The van der Waals surface area contributed by atoms with E-state index in [2.05, 4.69) is 11.4 Å². The predicted octanol–water partition coefficient (Wildman–Crippen LogP) is 5.25. The minimum atomic E-state index is -0.521. The van der Waals surface area contributed by atoms with Gasteiger partial charge in [0, 0.05) is 5.69 Å². The molecule has 0 spiro atoms. The van der Waals surface area contributed by atoms with Crippen molar-refractivity contribution in [2.75, 3.05) is 5.32 Å². The van der Waals surface area contributed by atoms with Crippen LogP contribution in [0.3, 0.4) is 0 Å². The highest BCUT2D eigenvalue weighted by molar-refractivity contribution is 5.96. The molecule has 0 aliphatic heterocycles. The SMILES string of the molecule is CCC(Oc1cc(C)ccc1C)C(=O)Nc1ccc2ccccc2c1. The molecule has 3 heteroatoms. The number of amides is 1. The summed E-state index contributed by atoms with van der Waals surface area (Å²) in [5.74, 6) is 0.638. The topological polar surface area (TPSA) is 38.3 Å². The third-order valence-electron chi connectivity index (χ3n) is 4.29. The van der Waals surface area contributed by atoms with Crippen molar-refractivity contribution in [3.63, 3.8) is 0 Å². The van der Waals surface area contributed by atoms with E-state index in [1.54, 1.807) is 0 Å². The van der Waals surface area contributed by atoms with Gasteiger partial charge in [0.1, 0.15) is 5.75 Å². The molecule has 3 aromatic rings. The fourth-order valence-electron chi connectivity index (χ4n) is 2.80. The molecule has 3 rings (SSSR count). The molecular formula is C22H23NO2. The lowest BCUT2D eigenvalue weighted by Gasteiger charge is -2.19. The lowest BCUT2D eigenvalue weighted by atomic mass is 10.1. The van der Waals surface area contributed by atoms with Crippen LogP contribution in [0, 0.1) is 13.8 Å². The van der Waals surface area contributed by atoms with E-state index in [1.807, 2.05) is 75.4 Å². The average Bonchev–Trinajstić information content (AvgIpc) is 2.62. The zero-order valence-corrected chi connectivity index (χ0v) is 14.9. The van der Waals surface area contributed by atoms with E-state index in [4.69, 9.17) is 4.74 Å². The summed E-state index contributed by atoms with van der Waals surface area (Å²) in [7, 11) is 0. The Hall–Kier alpha value is -2.81. The Morgan fingerprint density at radius 1 is 1.00 bits per heavy atom. The van der Waals surface area contributed by atoms with Gasteiger partial charge in [0.05, 0.1) is 0 Å². The third-order valence-corrected chi connectivity index (χ3v) is 4.29. The van der Waals surface area contributed by atoms with Crippen LogP contribution in [0.25, 0.3) is 10.8 Å². The van der Waals surface area contributed by atoms with E-state index in [0.29, 0.717) is 6.42 Å². The first-order valence-electron chi connectivity index (χ1n) is 8.60. The number of fused-ring (bicyclic) bond motifs is 1. The maximum atomic E-state index is 12.6. The number of benzene rings is 3. The minimum Gasteiger partial charge on any atom is -0.480 e. The molecule has 3 nitrogen and oxygen atoms in total. The highest BCUT2D eigenvalue weighted by Gasteiger charge is 2.19. The lowest BCUT2D eigenvalue weighted by Crippen LogP contribution is -2.32. The quantitative estimate of drug-likeness (QED) is 0.692. The van der Waals surface area contributed by atoms with Crippen LogP contribution in [0.4, 0.5) is 5.69 Å². The number of carbonyl (C=O) groups is 1. The fourth-order valence-corrected chi connectivity index (χ4v) is 2.80. The van der Waals surface area contributed by atoms with Crippen molar-refractivity contribution in [3.8, 4) is 5.75 Å². The Balaban J connectivity index is 1.76. The molecular weight excluding hydrogens is 310 g/mol. The van der Waals surface area contributed by atoms with E-state index in [0.717, 1.165) is 33.3 Å². The van der Waals surface area contributed by atoms with Crippen LogP contribution >= 0.6 is 0 Å². The second kappa shape index (κ2) is 7.39. The van der Waals surface area contributed by atoms with Gasteiger partial charge in [-0.25, -0.2) is 0 Å². The van der Waals surface area contributed by atoms with Crippen molar-refractivity contribution in [2.45, 2.75) is 33.3 Å². The van der Waals surface area contributed by atoms with E-state index < -0.39 is 6.10 Å². The summed E-state index contributed by atoms with van der Waals surface area (Å²) in [4.78, 5) is 12.6. The van der Waals surface area contributed by atoms with Crippen LogP contribution in [0.15, 0.2) is 60.7 Å². The maximum absolute atomic E-state index is 12.6. The van der Waals surface area contributed by atoms with Crippen molar-refractivity contribution in [3.05, 3.63) is 71.8 Å². The van der Waals surface area contributed by atoms with Crippen LogP contribution in [-0.2, 0) is 4.79 Å². The number of aryl methyl sites for hydroxylation is 2. The number of anilines is 1. The molecule has 0 heterocycles. The second-order valence-corrected chi connectivity index (χ2v) is 6.33. The summed E-state index contributed by atoms with van der Waals surface area (Å²) in [6.45, 7) is 5.96. The monoisotopic (exact) mass is 333 g/mol. The van der Waals surface area contributed by atoms with E-state index in [-0.39, 0.29) is 5.91 Å². The van der Waals surface area contributed by atoms with Crippen molar-refractivity contribution < 1.29 is 9.53 Å². The van der Waals surface area contributed by atoms with Gasteiger partial charge in [-0.2, -0.15) is 0 Å². The largest absolute Gasteiger partial charge is 0.480 e. The summed E-state index contributed by atoms with van der Waals surface area (Å²) in [6.07, 6.45) is 0.0826. The number of hydrogen-bond acceptors (Lipinski definition) is 2. The standard InChI is InChI=1S/C22H23NO2/c1-4-20(25-21-13-15(2)9-10-16(21)3)22(24)23-19-12-11-17-7-5-6-8-18(17)14-19/h5-14,20H,4H2,1-3H3,(H,23,24). The molecule has 1 amide bonds. The van der Waals surface area contributed by atoms with Gasteiger partial charge < -0.3 is 10.1 Å². The van der Waals surface area contributed by atoms with Crippen LogP contribution in [0.2, 0.25) is 0 Å². The van der Waals surface area contributed by atoms with Gasteiger partial charge in [-0.1, -0.05) is 49.4 Å². The fraction of sp³-hybridized carbons (Fsp3) is 0.227. The van der Waals surface area contributed by atoms with Crippen molar-refractivity contribution in [1.82, 2.24) is 0 Å². The molecule has 0 radical (unpaired) electrons. The van der Waals surface area contributed by atoms with Crippen LogP contribution in [0.1, 0.15) is 24.5 Å². The molecule has 25 heavy (non-hydrogen) atoms. The molecule has 0 saturated heterocycles. The number of ether oxygens (including phenoxy) is 1. The first-order chi connectivity index (χ1) is 12.1. The minimum absolute atomic E-state index is 0.126. The van der Waals surface area contributed by atoms with Crippen molar-refractivity contribution in [2.24, 2.45) is 0 Å². The summed E-state index contributed by atoms with van der Waals surface area (Å²) < 4.78 is 5.98. The first-order valence-corrected chi connectivity index (χ1v) is 8.60. The molecule has 1 N–H and O–H groups in total. The average molecular weight is 333 g/mol. The van der Waals surface area contributed by atoms with Gasteiger partial charge in [-0.05, 0) is 60.4 Å². The molecule has 1 atom stereocenters. The molecule has 3 aromatic carbocycles. The summed E-state index contributed by atoms with van der Waals surface area (Å²) in [6, 6.07) is 20.0. The van der Waals surface area contributed by atoms with Crippen molar-refractivity contribution >= 4 is 22.4 Å². The zero-order valence-electron chi connectivity index (χ0n) is 14.9. The Morgan fingerprint density at radius 2 is 1.76 bits per heavy atom. The highest BCUT2D eigenvalue weighted by atomic mass is 16.5. The van der Waals surface area contributed by atoms with Gasteiger partial charge in [0.2, 0.25) is 0 Å². The Kier molecular flexibility index (Phi) is 5.03. The number of rotatable bonds is 5. The molecule has 0 aliphatic carbocycles.